The fourth-order valence-corrected chi connectivity index (χ4v) is 2.43. The number of hydrogen-bond donors (Lipinski definition) is 1. The smallest absolute Gasteiger partial charge is 0.214 e. The van der Waals surface area contributed by atoms with Crippen LogP contribution in [-0.4, -0.2) is 11.0 Å². The van der Waals surface area contributed by atoms with Gasteiger partial charge >= 0.3 is 0 Å². The fourth-order valence-electron chi connectivity index (χ4n) is 2.43. The molecule has 1 aromatic heterocycles. The average Bonchev–Trinajstić information content (AvgIpc) is 2.21. The first-order chi connectivity index (χ1) is 7.58. The summed E-state index contributed by atoms with van der Waals surface area (Å²) < 4.78 is 13.0. The van der Waals surface area contributed by atoms with Gasteiger partial charge in [0, 0.05) is 6.04 Å². The van der Waals surface area contributed by atoms with Crippen LogP contribution in [0.15, 0.2) is 18.2 Å². The van der Waals surface area contributed by atoms with E-state index < -0.39 is 5.95 Å². The number of nitrogens with zero attached hydrogens (tertiary/aromatic N) is 1. The maximum atomic E-state index is 13.0. The van der Waals surface area contributed by atoms with Crippen molar-refractivity contribution in [2.45, 2.75) is 45.6 Å². The molecular formula is C13H19FN2. The lowest BCUT2D eigenvalue weighted by molar-refractivity contribution is 0.216. The van der Waals surface area contributed by atoms with E-state index in [0.29, 0.717) is 11.9 Å². The van der Waals surface area contributed by atoms with E-state index in [0.717, 1.165) is 6.42 Å². The van der Waals surface area contributed by atoms with Crippen LogP contribution in [0.3, 0.4) is 0 Å². The molecule has 0 aromatic carbocycles. The Balaban J connectivity index is 2.08. The second-order valence-corrected chi connectivity index (χ2v) is 5.28. The summed E-state index contributed by atoms with van der Waals surface area (Å²) in [7, 11) is 0. The van der Waals surface area contributed by atoms with Crippen molar-refractivity contribution < 1.29 is 4.39 Å². The summed E-state index contributed by atoms with van der Waals surface area (Å²) in [5, 5.41) is 3.36. The Kier molecular flexibility index (Phi) is 3.13. The van der Waals surface area contributed by atoms with Crippen LogP contribution in [0.1, 0.15) is 39.5 Å². The summed E-state index contributed by atoms with van der Waals surface area (Å²) >= 11 is 0. The summed E-state index contributed by atoms with van der Waals surface area (Å²) in [5.41, 5.74) is 0.270. The van der Waals surface area contributed by atoms with E-state index in [1.165, 1.54) is 25.3 Å². The molecule has 0 radical (unpaired) electrons. The SMILES string of the molecule is CC1(C)CCCCC1Nc1cccc(F)n1. The highest BCUT2D eigenvalue weighted by Crippen LogP contribution is 2.36. The van der Waals surface area contributed by atoms with E-state index in [1.807, 2.05) is 6.07 Å². The first-order valence-corrected chi connectivity index (χ1v) is 5.97. The van der Waals surface area contributed by atoms with Gasteiger partial charge in [0.05, 0.1) is 0 Å². The second kappa shape index (κ2) is 4.40. The first kappa shape index (κ1) is 11.4. The van der Waals surface area contributed by atoms with Crippen molar-refractivity contribution in [2.24, 2.45) is 5.41 Å². The number of anilines is 1. The van der Waals surface area contributed by atoms with E-state index in [4.69, 9.17) is 0 Å². The van der Waals surface area contributed by atoms with Gasteiger partial charge in [-0.1, -0.05) is 32.8 Å². The molecule has 1 aliphatic rings. The quantitative estimate of drug-likeness (QED) is 0.773. The third-order valence-electron chi connectivity index (χ3n) is 3.54. The fraction of sp³-hybridized carbons (Fsp3) is 0.615. The van der Waals surface area contributed by atoms with Gasteiger partial charge in [-0.2, -0.15) is 4.39 Å². The van der Waals surface area contributed by atoms with Gasteiger partial charge in [-0.15, -0.1) is 0 Å². The number of halogens is 1. The Hall–Kier alpha value is -1.12. The van der Waals surface area contributed by atoms with Gasteiger partial charge in [-0.3, -0.25) is 0 Å². The molecule has 1 aliphatic carbocycles. The summed E-state index contributed by atoms with van der Waals surface area (Å²) in [6, 6.07) is 5.29. The van der Waals surface area contributed by atoms with Gasteiger partial charge in [0.15, 0.2) is 0 Å². The Morgan fingerprint density at radius 2 is 2.19 bits per heavy atom. The predicted molar refractivity (Wildman–Crippen MR) is 63.9 cm³/mol. The van der Waals surface area contributed by atoms with Crippen molar-refractivity contribution in [3.8, 4) is 0 Å². The van der Waals surface area contributed by atoms with Gasteiger partial charge in [0.25, 0.3) is 0 Å². The van der Waals surface area contributed by atoms with Gasteiger partial charge < -0.3 is 5.32 Å². The van der Waals surface area contributed by atoms with Crippen LogP contribution in [0.2, 0.25) is 0 Å². The molecule has 0 amide bonds. The molecule has 1 unspecified atom stereocenters. The molecule has 1 saturated carbocycles. The van der Waals surface area contributed by atoms with Crippen LogP contribution in [0.5, 0.6) is 0 Å². The lowest BCUT2D eigenvalue weighted by atomic mass is 9.73. The molecule has 0 bridgehead atoms. The number of aromatic nitrogens is 1. The molecule has 1 aromatic rings. The lowest BCUT2D eigenvalue weighted by Crippen LogP contribution is -2.39. The molecule has 1 N–H and O–H groups in total. The highest BCUT2D eigenvalue weighted by atomic mass is 19.1. The molecule has 0 saturated heterocycles. The van der Waals surface area contributed by atoms with Crippen LogP contribution >= 0.6 is 0 Å². The summed E-state index contributed by atoms with van der Waals surface area (Å²) in [6.45, 7) is 4.53. The molecule has 16 heavy (non-hydrogen) atoms. The number of pyridine rings is 1. The third-order valence-corrected chi connectivity index (χ3v) is 3.54. The van der Waals surface area contributed by atoms with E-state index in [9.17, 15) is 4.39 Å². The van der Waals surface area contributed by atoms with E-state index in [-0.39, 0.29) is 5.41 Å². The molecule has 1 heterocycles. The molecule has 2 rings (SSSR count). The van der Waals surface area contributed by atoms with Gasteiger partial charge in [-0.05, 0) is 30.4 Å². The molecule has 1 fully saturated rings. The number of hydrogen-bond acceptors (Lipinski definition) is 2. The summed E-state index contributed by atoms with van der Waals surface area (Å²) in [5.74, 6) is 0.235. The highest BCUT2D eigenvalue weighted by molar-refractivity contribution is 5.35. The van der Waals surface area contributed by atoms with Crippen molar-refractivity contribution in [2.75, 3.05) is 5.32 Å². The van der Waals surface area contributed by atoms with Gasteiger partial charge in [-0.25, -0.2) is 4.98 Å². The maximum Gasteiger partial charge on any atom is 0.214 e. The molecule has 1 atom stereocenters. The number of nitrogens with one attached hydrogen (secondary N) is 1. The Morgan fingerprint density at radius 3 is 2.88 bits per heavy atom. The van der Waals surface area contributed by atoms with E-state index >= 15 is 0 Å². The zero-order valence-electron chi connectivity index (χ0n) is 9.96. The third kappa shape index (κ3) is 2.52. The zero-order valence-corrected chi connectivity index (χ0v) is 9.96. The number of rotatable bonds is 2. The van der Waals surface area contributed by atoms with Crippen LogP contribution in [0, 0.1) is 11.4 Å². The van der Waals surface area contributed by atoms with Crippen molar-refractivity contribution in [1.82, 2.24) is 4.98 Å². The Morgan fingerprint density at radius 1 is 1.38 bits per heavy atom. The standard InChI is InChI=1S/C13H19FN2/c1-13(2)9-4-3-6-10(13)15-12-8-5-7-11(14)16-12/h5,7-8,10H,3-4,6,9H2,1-2H3,(H,15,16). The van der Waals surface area contributed by atoms with Gasteiger partial charge in [0.1, 0.15) is 5.82 Å². The Bertz CT molecular complexity index is 363. The predicted octanol–water partition coefficient (Wildman–Crippen LogP) is 3.60. The normalized spacial score (nSPS) is 24.1. The van der Waals surface area contributed by atoms with Crippen molar-refractivity contribution in [3.05, 3.63) is 24.1 Å². The first-order valence-electron chi connectivity index (χ1n) is 5.97. The molecule has 0 aliphatic heterocycles. The maximum absolute atomic E-state index is 13.0. The van der Waals surface area contributed by atoms with E-state index in [1.54, 1.807) is 6.07 Å². The van der Waals surface area contributed by atoms with Crippen LogP contribution in [-0.2, 0) is 0 Å². The van der Waals surface area contributed by atoms with Crippen molar-refractivity contribution in [3.63, 3.8) is 0 Å². The second-order valence-electron chi connectivity index (χ2n) is 5.28. The van der Waals surface area contributed by atoms with E-state index in [2.05, 4.69) is 24.1 Å². The average molecular weight is 222 g/mol. The minimum absolute atomic E-state index is 0.270. The van der Waals surface area contributed by atoms with Crippen molar-refractivity contribution >= 4 is 5.82 Å². The summed E-state index contributed by atoms with van der Waals surface area (Å²) in [4.78, 5) is 3.86. The van der Waals surface area contributed by atoms with Crippen LogP contribution in [0.4, 0.5) is 10.2 Å². The molecule has 0 spiro atoms. The zero-order chi connectivity index (χ0) is 11.6. The van der Waals surface area contributed by atoms with Crippen molar-refractivity contribution in [1.29, 1.82) is 0 Å². The topological polar surface area (TPSA) is 24.9 Å². The molecule has 2 nitrogen and oxygen atoms in total. The minimum Gasteiger partial charge on any atom is -0.367 e. The van der Waals surface area contributed by atoms with Crippen LogP contribution in [0.25, 0.3) is 0 Å². The van der Waals surface area contributed by atoms with Crippen LogP contribution < -0.4 is 5.32 Å². The Labute approximate surface area is 96.3 Å². The lowest BCUT2D eigenvalue weighted by Gasteiger charge is -2.39. The largest absolute Gasteiger partial charge is 0.367 e. The molecular weight excluding hydrogens is 203 g/mol. The molecule has 88 valence electrons. The monoisotopic (exact) mass is 222 g/mol. The molecule has 3 heteroatoms. The van der Waals surface area contributed by atoms with Gasteiger partial charge in [0.2, 0.25) is 5.95 Å². The summed E-state index contributed by atoms with van der Waals surface area (Å²) in [6.07, 6.45) is 4.91. The minimum atomic E-state index is -0.418. The highest BCUT2D eigenvalue weighted by Gasteiger charge is 2.32.